The highest BCUT2D eigenvalue weighted by atomic mass is 16.5. The van der Waals surface area contributed by atoms with Crippen LogP contribution >= 0.6 is 0 Å². The summed E-state index contributed by atoms with van der Waals surface area (Å²) >= 11 is 0. The van der Waals surface area contributed by atoms with Crippen LogP contribution in [0.2, 0.25) is 0 Å². The fourth-order valence-corrected chi connectivity index (χ4v) is 1.90. The number of ether oxygens (including phenoxy) is 1. The molecule has 1 aromatic carbocycles. The second-order valence-corrected chi connectivity index (χ2v) is 5.36. The molecule has 2 aromatic rings. The molecule has 0 radical (unpaired) electrons. The average molecular weight is 331 g/mol. The largest absolute Gasteiger partial charge is 0.484 e. The van der Waals surface area contributed by atoms with Crippen molar-refractivity contribution in [1.82, 2.24) is 5.32 Å². The van der Waals surface area contributed by atoms with Gasteiger partial charge in [0.05, 0.1) is 6.26 Å². The average Bonchev–Trinajstić information content (AvgIpc) is 3.07. The zero-order valence-electron chi connectivity index (χ0n) is 13.5. The van der Waals surface area contributed by atoms with E-state index in [9.17, 15) is 9.59 Å². The number of hydrogen-bond donors (Lipinski definition) is 3. The topological polar surface area (TPSA) is 107 Å². The highest BCUT2D eigenvalue weighted by Crippen LogP contribution is 2.18. The van der Waals surface area contributed by atoms with Gasteiger partial charge in [0, 0.05) is 24.3 Å². The monoisotopic (exact) mass is 331 g/mol. The minimum Gasteiger partial charge on any atom is -0.484 e. The summed E-state index contributed by atoms with van der Waals surface area (Å²) in [6, 6.07) is 10.0. The molecule has 0 aliphatic rings. The van der Waals surface area contributed by atoms with Crippen molar-refractivity contribution in [3.05, 3.63) is 48.4 Å². The maximum absolute atomic E-state index is 11.9. The van der Waals surface area contributed by atoms with Gasteiger partial charge in [0.1, 0.15) is 5.75 Å². The predicted molar refractivity (Wildman–Crippen MR) is 89.9 cm³/mol. The third-order valence-corrected chi connectivity index (χ3v) is 3.13. The van der Waals surface area contributed by atoms with E-state index in [-0.39, 0.29) is 30.2 Å². The maximum Gasteiger partial charge on any atom is 0.291 e. The molecule has 0 aliphatic carbocycles. The molecule has 4 N–H and O–H groups in total. The summed E-state index contributed by atoms with van der Waals surface area (Å²) < 4.78 is 10.4. The van der Waals surface area contributed by atoms with Gasteiger partial charge in [-0.2, -0.15) is 0 Å². The van der Waals surface area contributed by atoms with Gasteiger partial charge in [0.15, 0.2) is 12.4 Å². The Bertz CT molecular complexity index is 668. The highest BCUT2D eigenvalue weighted by molar-refractivity contribution is 6.02. The number of carbonyl (C=O) groups excluding carboxylic acids is 2. The Balaban J connectivity index is 1.82. The van der Waals surface area contributed by atoms with Gasteiger partial charge in [-0.3, -0.25) is 9.59 Å². The van der Waals surface area contributed by atoms with Crippen LogP contribution in [-0.2, 0) is 4.79 Å². The summed E-state index contributed by atoms with van der Waals surface area (Å²) in [5.74, 6) is 0.121. The quantitative estimate of drug-likeness (QED) is 0.683. The van der Waals surface area contributed by atoms with E-state index in [2.05, 4.69) is 10.6 Å². The number of hydrogen-bond acceptors (Lipinski definition) is 5. The van der Waals surface area contributed by atoms with E-state index in [0.717, 1.165) is 0 Å². The Hall–Kier alpha value is -2.80. The molecule has 0 saturated carbocycles. The molecule has 2 rings (SSSR count). The Morgan fingerprint density at radius 2 is 2.12 bits per heavy atom. The van der Waals surface area contributed by atoms with Crippen molar-refractivity contribution in [2.75, 3.05) is 18.5 Å². The van der Waals surface area contributed by atoms with Gasteiger partial charge >= 0.3 is 0 Å². The molecule has 7 heteroatoms. The van der Waals surface area contributed by atoms with Gasteiger partial charge in [0.25, 0.3) is 11.8 Å². The smallest absolute Gasteiger partial charge is 0.291 e. The standard InChI is InChI=1S/C17H21N3O4/c1-12(18)7-8-19-16(21)11-24-14-5-2-4-13(10-14)20-17(22)15-6-3-9-23-15/h2-6,9-10,12H,7-8,11,18H2,1H3,(H,19,21)(H,20,22). The second-order valence-electron chi connectivity index (χ2n) is 5.36. The van der Waals surface area contributed by atoms with E-state index in [1.165, 1.54) is 6.26 Å². The lowest BCUT2D eigenvalue weighted by atomic mass is 10.2. The third-order valence-electron chi connectivity index (χ3n) is 3.13. The van der Waals surface area contributed by atoms with Crippen LogP contribution in [0.15, 0.2) is 47.1 Å². The van der Waals surface area contributed by atoms with Crippen LogP contribution in [0.1, 0.15) is 23.9 Å². The fourth-order valence-electron chi connectivity index (χ4n) is 1.90. The van der Waals surface area contributed by atoms with Crippen molar-refractivity contribution in [2.24, 2.45) is 5.73 Å². The highest BCUT2D eigenvalue weighted by Gasteiger charge is 2.09. The molecule has 1 atom stereocenters. The molecule has 7 nitrogen and oxygen atoms in total. The first-order valence-electron chi connectivity index (χ1n) is 7.64. The Labute approximate surface area is 140 Å². The van der Waals surface area contributed by atoms with E-state index in [1.807, 2.05) is 6.92 Å². The molecular weight excluding hydrogens is 310 g/mol. The minimum atomic E-state index is -0.356. The van der Waals surface area contributed by atoms with Crippen molar-refractivity contribution in [2.45, 2.75) is 19.4 Å². The van der Waals surface area contributed by atoms with Gasteiger partial charge in [0.2, 0.25) is 0 Å². The van der Waals surface area contributed by atoms with Gasteiger partial charge < -0.3 is 25.5 Å². The first kappa shape index (κ1) is 17.6. The Kier molecular flexibility index (Phi) is 6.39. The number of furan rings is 1. The molecule has 1 heterocycles. The summed E-state index contributed by atoms with van der Waals surface area (Å²) in [5.41, 5.74) is 6.16. The molecule has 0 aliphatic heterocycles. The van der Waals surface area contributed by atoms with Gasteiger partial charge in [-0.15, -0.1) is 0 Å². The number of anilines is 1. The van der Waals surface area contributed by atoms with E-state index >= 15 is 0 Å². The van der Waals surface area contributed by atoms with Crippen molar-refractivity contribution in [3.63, 3.8) is 0 Å². The van der Waals surface area contributed by atoms with Crippen LogP contribution in [0.3, 0.4) is 0 Å². The number of benzene rings is 1. The van der Waals surface area contributed by atoms with E-state index in [1.54, 1.807) is 36.4 Å². The number of amides is 2. The van der Waals surface area contributed by atoms with Crippen molar-refractivity contribution >= 4 is 17.5 Å². The second kappa shape index (κ2) is 8.73. The van der Waals surface area contributed by atoms with Crippen molar-refractivity contribution in [3.8, 4) is 5.75 Å². The SMILES string of the molecule is CC(N)CCNC(=O)COc1cccc(NC(=O)c2ccco2)c1. The first-order chi connectivity index (χ1) is 11.5. The molecule has 128 valence electrons. The zero-order valence-corrected chi connectivity index (χ0v) is 13.5. The lowest BCUT2D eigenvalue weighted by Crippen LogP contribution is -2.32. The zero-order chi connectivity index (χ0) is 17.4. The molecule has 0 saturated heterocycles. The summed E-state index contributed by atoms with van der Waals surface area (Å²) in [6.07, 6.45) is 2.14. The molecule has 1 aromatic heterocycles. The summed E-state index contributed by atoms with van der Waals surface area (Å²) in [6.45, 7) is 2.29. The van der Waals surface area contributed by atoms with Crippen molar-refractivity contribution < 1.29 is 18.7 Å². The van der Waals surface area contributed by atoms with E-state index in [0.29, 0.717) is 24.4 Å². The lowest BCUT2D eigenvalue weighted by Gasteiger charge is -2.10. The van der Waals surface area contributed by atoms with E-state index in [4.69, 9.17) is 14.9 Å². The van der Waals surface area contributed by atoms with Crippen molar-refractivity contribution in [1.29, 1.82) is 0 Å². The lowest BCUT2D eigenvalue weighted by molar-refractivity contribution is -0.123. The Morgan fingerprint density at radius 1 is 1.29 bits per heavy atom. The summed E-state index contributed by atoms with van der Waals surface area (Å²) in [7, 11) is 0. The molecule has 0 spiro atoms. The molecule has 0 fully saturated rings. The van der Waals surface area contributed by atoms with Crippen LogP contribution < -0.4 is 21.1 Å². The number of nitrogens with one attached hydrogen (secondary N) is 2. The van der Waals surface area contributed by atoms with Crippen LogP contribution in [0.4, 0.5) is 5.69 Å². The molecule has 1 unspecified atom stereocenters. The van der Waals surface area contributed by atoms with Crippen LogP contribution in [0.25, 0.3) is 0 Å². The van der Waals surface area contributed by atoms with Crippen LogP contribution in [-0.4, -0.2) is 31.0 Å². The number of nitrogens with two attached hydrogens (primary N) is 1. The molecule has 2 amide bonds. The van der Waals surface area contributed by atoms with Gasteiger partial charge in [-0.25, -0.2) is 0 Å². The molecule has 24 heavy (non-hydrogen) atoms. The van der Waals surface area contributed by atoms with Crippen LogP contribution in [0, 0.1) is 0 Å². The first-order valence-corrected chi connectivity index (χ1v) is 7.64. The normalized spacial score (nSPS) is 11.6. The minimum absolute atomic E-state index is 0.0423. The molecule has 0 bridgehead atoms. The predicted octanol–water partition coefficient (Wildman–Crippen LogP) is 1.76. The van der Waals surface area contributed by atoms with Gasteiger partial charge in [-0.1, -0.05) is 6.07 Å². The van der Waals surface area contributed by atoms with E-state index < -0.39 is 0 Å². The fraction of sp³-hybridized carbons (Fsp3) is 0.294. The summed E-state index contributed by atoms with van der Waals surface area (Å²) in [5, 5.41) is 5.42. The van der Waals surface area contributed by atoms with Crippen LogP contribution in [0.5, 0.6) is 5.75 Å². The number of carbonyl (C=O) groups is 2. The third kappa shape index (κ3) is 5.77. The van der Waals surface area contributed by atoms with Gasteiger partial charge in [-0.05, 0) is 37.6 Å². The maximum atomic E-state index is 11.9. The molecular formula is C17H21N3O4. The summed E-state index contributed by atoms with van der Waals surface area (Å²) in [4.78, 5) is 23.6. The Morgan fingerprint density at radius 3 is 2.83 bits per heavy atom. The number of rotatable bonds is 8.